The number of halogens is 1. The molecular weight excluding hydrogens is 1040 g/mol. The van der Waals surface area contributed by atoms with E-state index in [1.54, 1.807) is 38.6 Å². The summed E-state index contributed by atoms with van der Waals surface area (Å²) in [5.74, 6) is -0.518. The first-order valence-electron chi connectivity index (χ1n) is 27.1. The number of rotatable bonds is 16. The second kappa shape index (κ2) is 23.9. The molecule has 0 atom stereocenters. The maximum atomic E-state index is 13.7. The van der Waals surface area contributed by atoms with Gasteiger partial charge in [-0.3, -0.25) is 28.8 Å². The van der Waals surface area contributed by atoms with E-state index in [9.17, 15) is 14.7 Å². The smallest absolute Gasteiger partial charge is 0.255 e. The summed E-state index contributed by atoms with van der Waals surface area (Å²) in [5, 5.41) is 27.6. The van der Waals surface area contributed by atoms with Crippen molar-refractivity contribution in [1.29, 1.82) is 0 Å². The van der Waals surface area contributed by atoms with Crippen LogP contribution in [0.5, 0.6) is 0 Å². The number of morpholine rings is 2. The van der Waals surface area contributed by atoms with Gasteiger partial charge in [-0.05, 0) is 82.9 Å². The Balaban J connectivity index is 0.000000209. The predicted octanol–water partition coefficient (Wildman–Crippen LogP) is 7.69. The van der Waals surface area contributed by atoms with Crippen LogP contribution in [-0.2, 0) is 34.0 Å². The zero-order valence-electron chi connectivity index (χ0n) is 48.0. The number of amides is 2. The van der Waals surface area contributed by atoms with Crippen LogP contribution in [-0.4, -0.2) is 174 Å². The van der Waals surface area contributed by atoms with Crippen molar-refractivity contribution < 1.29 is 28.6 Å². The molecule has 2 aliphatic rings. The first kappa shape index (κ1) is 59.0. The van der Waals surface area contributed by atoms with Gasteiger partial charge in [-0.2, -0.15) is 10.2 Å². The van der Waals surface area contributed by atoms with Gasteiger partial charge in [-0.15, -0.1) is 12.4 Å². The largest absolute Gasteiger partial charge is 0.414 e. The van der Waals surface area contributed by atoms with E-state index in [0.29, 0.717) is 51.4 Å². The van der Waals surface area contributed by atoms with Gasteiger partial charge in [0.25, 0.3) is 11.8 Å². The number of carbonyl (C=O) groups is 2. The Morgan fingerprint density at radius 2 is 1.20 bits per heavy atom. The quantitative estimate of drug-likeness (QED) is 0.0682. The number of H-pyrrole nitrogens is 1. The summed E-state index contributed by atoms with van der Waals surface area (Å²) < 4.78 is 23.4. The number of aromatic nitrogens is 10. The summed E-state index contributed by atoms with van der Waals surface area (Å²) in [7, 11) is -0.0783. The van der Waals surface area contributed by atoms with Crippen LogP contribution in [0.1, 0.15) is 80.3 Å². The summed E-state index contributed by atoms with van der Waals surface area (Å²) in [6.07, 6.45) is 6.84. The van der Waals surface area contributed by atoms with E-state index in [4.69, 9.17) is 39.0 Å². The van der Waals surface area contributed by atoms with Crippen molar-refractivity contribution in [1.82, 2.24) is 69.5 Å². The molecular formula is C57H79ClN14O6Si. The van der Waals surface area contributed by atoms with Gasteiger partial charge in [-0.25, -0.2) is 19.9 Å². The zero-order valence-corrected chi connectivity index (χ0v) is 49.8. The highest BCUT2D eigenvalue weighted by atomic mass is 35.5. The third-order valence-corrected chi connectivity index (χ3v) is 19.7. The number of carbonyl (C=O) groups excluding carboxylic acids is 2. The molecule has 424 valence electrons. The molecule has 2 fully saturated rings. The van der Waals surface area contributed by atoms with Gasteiger partial charge >= 0.3 is 0 Å². The van der Waals surface area contributed by atoms with Crippen molar-refractivity contribution in [3.63, 3.8) is 0 Å². The molecule has 2 amide bonds. The van der Waals surface area contributed by atoms with E-state index < -0.39 is 19.4 Å². The number of aryl methyl sites for hydroxylation is 3. The fourth-order valence-corrected chi connectivity index (χ4v) is 10.6. The third-order valence-electron chi connectivity index (χ3n) is 15.2. The average Bonchev–Trinajstić information content (AvgIpc) is 4.25. The zero-order chi connectivity index (χ0) is 55.7. The molecule has 0 saturated carbocycles. The number of nitrogens with zero attached hydrogens (tertiary/aromatic N) is 11. The molecule has 8 aromatic rings. The highest BCUT2D eigenvalue weighted by Gasteiger charge is 2.39. The summed E-state index contributed by atoms with van der Waals surface area (Å²) in [6.45, 7) is 33.2. The summed E-state index contributed by atoms with van der Waals surface area (Å²) >= 11 is 0. The normalized spacial score (nSPS) is 15.2. The topological polar surface area (TPSA) is 221 Å². The van der Waals surface area contributed by atoms with Gasteiger partial charge < -0.3 is 39.2 Å². The molecule has 0 radical (unpaired) electrons. The first-order valence-corrected chi connectivity index (χ1v) is 30.0. The standard InChI is InChI=1S/C32H47N7O3Si.C25H31N7O3.ClH/c1-22-10-11-23-26(18-22)39(13-12-38-14-16-41-17-15-38)36-27(23)25-19-33-29-28(34-25)24(20-37(29)7)30(40)35-32(5,6)21-42-43(8,9)31(2,3)4;1-16-4-5-17-20(12-16)32(7-6-31-8-10-35-11-9-31)30-21(17)19-14-27-23-22(28-19)18(13-26-23)24(34)29-25(2,3)15-33;/h10-11,18-20H,12-17,21H2,1-9H3,(H,35,40);4-5,12-14,33H,6-11,15H2,1-3H3,(H,26,27)(H,29,34);1H. The minimum atomic E-state index is -1.96. The lowest BCUT2D eigenvalue weighted by molar-refractivity contribution is 0.0361. The summed E-state index contributed by atoms with van der Waals surface area (Å²) in [4.78, 5) is 53.4. The van der Waals surface area contributed by atoms with E-state index in [0.717, 1.165) is 118 Å². The molecule has 10 rings (SSSR count). The van der Waals surface area contributed by atoms with E-state index in [1.165, 1.54) is 5.56 Å². The van der Waals surface area contributed by atoms with Gasteiger partial charge in [-0.1, -0.05) is 45.0 Å². The van der Waals surface area contributed by atoms with Crippen LogP contribution in [0.25, 0.3) is 66.9 Å². The number of benzene rings is 2. The molecule has 2 aromatic carbocycles. The molecule has 8 heterocycles. The van der Waals surface area contributed by atoms with Crippen LogP contribution in [0, 0.1) is 13.8 Å². The second-order valence-corrected chi connectivity index (χ2v) is 28.5. The van der Waals surface area contributed by atoms with Crippen molar-refractivity contribution in [2.75, 3.05) is 78.9 Å². The highest BCUT2D eigenvalue weighted by Crippen LogP contribution is 2.37. The lowest BCUT2D eigenvalue weighted by Crippen LogP contribution is -2.51. The first-order chi connectivity index (χ1) is 37.0. The molecule has 4 N–H and O–H groups in total. The maximum absolute atomic E-state index is 13.7. The maximum Gasteiger partial charge on any atom is 0.255 e. The molecule has 0 unspecified atom stereocenters. The Morgan fingerprint density at radius 3 is 1.72 bits per heavy atom. The number of ether oxygens (including phenoxy) is 2. The number of nitrogens with one attached hydrogen (secondary N) is 3. The Bertz CT molecular complexity index is 3450. The monoisotopic (exact) mass is 1120 g/mol. The molecule has 0 bridgehead atoms. The Kier molecular flexibility index (Phi) is 17.8. The molecule has 2 aliphatic heterocycles. The van der Waals surface area contributed by atoms with E-state index in [-0.39, 0.29) is 35.9 Å². The highest BCUT2D eigenvalue weighted by molar-refractivity contribution is 6.74. The van der Waals surface area contributed by atoms with Crippen LogP contribution in [0.4, 0.5) is 0 Å². The number of hydrogen-bond acceptors (Lipinski definition) is 14. The van der Waals surface area contributed by atoms with Gasteiger partial charge in [0.1, 0.15) is 33.8 Å². The number of aliphatic hydroxyl groups is 1. The molecule has 79 heavy (non-hydrogen) atoms. The molecule has 22 heteroatoms. The second-order valence-electron chi connectivity index (χ2n) is 23.7. The van der Waals surface area contributed by atoms with Crippen LogP contribution in [0.3, 0.4) is 0 Å². The Morgan fingerprint density at radius 1 is 0.709 bits per heavy atom. The Hall–Kier alpha value is -6.17. The average molecular weight is 1120 g/mol. The minimum Gasteiger partial charge on any atom is -0.414 e. The van der Waals surface area contributed by atoms with Crippen molar-refractivity contribution in [2.24, 2.45) is 7.05 Å². The number of aromatic amines is 1. The number of hydrogen-bond donors (Lipinski definition) is 4. The molecule has 2 saturated heterocycles. The van der Waals surface area contributed by atoms with E-state index in [1.807, 2.05) is 30.1 Å². The summed E-state index contributed by atoms with van der Waals surface area (Å²) in [5.41, 5.74) is 8.95. The molecule has 0 spiro atoms. The molecule has 20 nitrogen and oxygen atoms in total. The van der Waals surface area contributed by atoms with Crippen molar-refractivity contribution in [3.05, 3.63) is 83.4 Å². The fourth-order valence-electron chi connectivity index (χ4n) is 9.41. The Labute approximate surface area is 469 Å². The minimum absolute atomic E-state index is 0. The van der Waals surface area contributed by atoms with Crippen LogP contribution < -0.4 is 10.6 Å². The molecule has 0 aliphatic carbocycles. The van der Waals surface area contributed by atoms with Crippen LogP contribution in [0.2, 0.25) is 18.1 Å². The van der Waals surface area contributed by atoms with Gasteiger partial charge in [0.15, 0.2) is 19.6 Å². The van der Waals surface area contributed by atoms with E-state index >= 15 is 0 Å². The van der Waals surface area contributed by atoms with Crippen molar-refractivity contribution >= 4 is 76.7 Å². The van der Waals surface area contributed by atoms with Gasteiger partial charge in [0.2, 0.25) is 0 Å². The fraction of sp³-hybridized carbons (Fsp3) is 0.509. The number of fused-ring (bicyclic) bond motifs is 4. The van der Waals surface area contributed by atoms with Gasteiger partial charge in [0.05, 0.1) is 98.4 Å². The van der Waals surface area contributed by atoms with Gasteiger partial charge in [0, 0.05) is 69.5 Å². The van der Waals surface area contributed by atoms with Crippen LogP contribution >= 0.6 is 12.4 Å². The SMILES string of the molecule is Cc1ccc2c(-c3cnc4[nH]cc(C(=O)NC(C)(C)CO)c4n3)nn(CCN3CCOCC3)c2c1.Cc1ccc2c(-c3cnc4c(n3)c(C(=O)NC(C)(C)CO[Si](C)(C)C(C)(C)C)cn4C)nn(CCN3CCOCC3)c2c1.Cl. The lowest BCUT2D eigenvalue weighted by Gasteiger charge is -2.39. The molecule has 6 aromatic heterocycles. The van der Waals surface area contributed by atoms with E-state index in [2.05, 4.69) is 119 Å². The third kappa shape index (κ3) is 13.4. The van der Waals surface area contributed by atoms with Crippen molar-refractivity contribution in [3.8, 4) is 22.8 Å². The van der Waals surface area contributed by atoms with Crippen molar-refractivity contribution in [2.45, 2.75) is 105 Å². The summed E-state index contributed by atoms with van der Waals surface area (Å²) in [6, 6.07) is 12.7. The van der Waals surface area contributed by atoms with Crippen LogP contribution in [0.15, 0.2) is 61.2 Å². The lowest BCUT2D eigenvalue weighted by atomic mass is 10.1. The number of aliphatic hydroxyl groups excluding tert-OH is 1. The predicted molar refractivity (Wildman–Crippen MR) is 314 cm³/mol.